The van der Waals surface area contributed by atoms with Gasteiger partial charge in [-0.15, -0.1) is 0 Å². The molecule has 1 unspecified atom stereocenters. The number of anilines is 1. The maximum absolute atomic E-state index is 12.5. The van der Waals surface area contributed by atoms with Crippen molar-refractivity contribution < 1.29 is 9.72 Å². The fraction of sp³-hybridized carbons (Fsp3) is 0.412. The summed E-state index contributed by atoms with van der Waals surface area (Å²) in [5, 5.41) is 18.1. The fourth-order valence-corrected chi connectivity index (χ4v) is 3.23. The molecule has 1 aromatic carbocycles. The van der Waals surface area contributed by atoms with Gasteiger partial charge in [-0.1, -0.05) is 0 Å². The lowest BCUT2D eigenvalue weighted by atomic mass is 10.0. The molecule has 1 saturated heterocycles. The number of nitro groups is 1. The molecule has 2 aromatic rings. The van der Waals surface area contributed by atoms with E-state index in [0.717, 1.165) is 17.5 Å². The van der Waals surface area contributed by atoms with Gasteiger partial charge in [0, 0.05) is 43.9 Å². The highest BCUT2D eigenvalue weighted by atomic mass is 16.6. The van der Waals surface area contributed by atoms with Crippen LogP contribution in [0.4, 0.5) is 16.2 Å². The summed E-state index contributed by atoms with van der Waals surface area (Å²) < 4.78 is 1.76. The number of amides is 2. The Morgan fingerprint density at radius 2 is 2.12 bits per heavy atom. The Hall–Kier alpha value is -2.90. The molecule has 8 heteroatoms. The SMILES string of the molecule is Cc1cc(C)c([N+](=O)[O-])cc1NC(=O)N1CCC(c2cnn(C)c2)C1. The first-order valence-electron chi connectivity index (χ1n) is 8.15. The zero-order valence-corrected chi connectivity index (χ0v) is 14.5. The molecule has 1 aromatic heterocycles. The number of carbonyl (C=O) groups is 1. The predicted molar refractivity (Wildman–Crippen MR) is 93.7 cm³/mol. The Morgan fingerprint density at radius 3 is 2.76 bits per heavy atom. The normalized spacial score (nSPS) is 16.9. The van der Waals surface area contributed by atoms with Crippen molar-refractivity contribution in [2.75, 3.05) is 18.4 Å². The molecule has 8 nitrogen and oxygen atoms in total. The lowest BCUT2D eigenvalue weighted by molar-refractivity contribution is -0.385. The molecule has 0 radical (unpaired) electrons. The van der Waals surface area contributed by atoms with Crippen LogP contribution >= 0.6 is 0 Å². The van der Waals surface area contributed by atoms with E-state index in [-0.39, 0.29) is 17.6 Å². The number of nitrogens with one attached hydrogen (secondary N) is 1. The average molecular weight is 343 g/mol. The first kappa shape index (κ1) is 16.9. The zero-order chi connectivity index (χ0) is 18.1. The van der Waals surface area contributed by atoms with Crippen molar-refractivity contribution in [3.8, 4) is 0 Å². The van der Waals surface area contributed by atoms with E-state index in [1.54, 1.807) is 22.6 Å². The highest BCUT2D eigenvalue weighted by molar-refractivity contribution is 5.91. The van der Waals surface area contributed by atoms with Crippen LogP contribution < -0.4 is 5.32 Å². The van der Waals surface area contributed by atoms with Crippen LogP contribution in [-0.2, 0) is 7.05 Å². The van der Waals surface area contributed by atoms with Gasteiger partial charge in [0.15, 0.2) is 0 Å². The first-order chi connectivity index (χ1) is 11.8. The van der Waals surface area contributed by atoms with Crippen molar-refractivity contribution >= 4 is 17.4 Å². The van der Waals surface area contributed by atoms with Crippen molar-refractivity contribution in [3.05, 3.63) is 51.3 Å². The van der Waals surface area contributed by atoms with Crippen molar-refractivity contribution in [2.45, 2.75) is 26.2 Å². The van der Waals surface area contributed by atoms with Gasteiger partial charge >= 0.3 is 6.03 Å². The molecular formula is C17H21N5O3. The summed E-state index contributed by atoms with van der Waals surface area (Å²) in [5.41, 5.74) is 3.00. The van der Waals surface area contributed by atoms with Crippen molar-refractivity contribution in [1.82, 2.24) is 14.7 Å². The summed E-state index contributed by atoms with van der Waals surface area (Å²) in [6.07, 6.45) is 4.69. The summed E-state index contributed by atoms with van der Waals surface area (Å²) in [6, 6.07) is 2.92. The number of hydrogen-bond acceptors (Lipinski definition) is 4. The van der Waals surface area contributed by atoms with E-state index >= 15 is 0 Å². The van der Waals surface area contributed by atoms with Gasteiger partial charge in [-0.05, 0) is 37.5 Å². The molecule has 1 aliphatic heterocycles. The molecule has 25 heavy (non-hydrogen) atoms. The summed E-state index contributed by atoms with van der Waals surface area (Å²) >= 11 is 0. The molecule has 132 valence electrons. The number of hydrogen-bond donors (Lipinski definition) is 1. The summed E-state index contributed by atoms with van der Waals surface area (Å²) in [7, 11) is 1.87. The third-order valence-corrected chi connectivity index (χ3v) is 4.65. The van der Waals surface area contributed by atoms with Gasteiger partial charge in [0.05, 0.1) is 16.8 Å². The number of aromatic nitrogens is 2. The van der Waals surface area contributed by atoms with Gasteiger partial charge in [0.2, 0.25) is 0 Å². The second-order valence-corrected chi connectivity index (χ2v) is 6.52. The zero-order valence-electron chi connectivity index (χ0n) is 14.5. The molecular weight excluding hydrogens is 322 g/mol. The Morgan fingerprint density at radius 1 is 1.36 bits per heavy atom. The Balaban J connectivity index is 1.71. The standard InChI is InChI=1S/C17H21N5O3/c1-11-6-12(2)16(22(24)25)7-15(11)19-17(23)21-5-4-13(10-21)14-8-18-20(3)9-14/h6-9,13H,4-5,10H2,1-3H3,(H,19,23). The predicted octanol–water partition coefficient (Wildman–Crippen LogP) is 2.97. The van der Waals surface area contributed by atoms with Gasteiger partial charge in [0.25, 0.3) is 5.69 Å². The van der Waals surface area contributed by atoms with E-state index in [1.807, 2.05) is 26.4 Å². The van der Waals surface area contributed by atoms with E-state index in [2.05, 4.69) is 10.4 Å². The second-order valence-electron chi connectivity index (χ2n) is 6.52. The van der Waals surface area contributed by atoms with Crippen LogP contribution in [0.5, 0.6) is 0 Å². The van der Waals surface area contributed by atoms with Gasteiger partial charge in [-0.3, -0.25) is 14.8 Å². The van der Waals surface area contributed by atoms with Gasteiger partial charge in [0.1, 0.15) is 0 Å². The van der Waals surface area contributed by atoms with Crippen LogP contribution in [0, 0.1) is 24.0 Å². The monoisotopic (exact) mass is 343 g/mol. The minimum absolute atomic E-state index is 0.00978. The van der Waals surface area contributed by atoms with Crippen LogP contribution in [0.1, 0.15) is 29.0 Å². The maximum atomic E-state index is 12.5. The number of carbonyl (C=O) groups excluding carboxylic acids is 1. The molecule has 1 fully saturated rings. The van der Waals surface area contributed by atoms with E-state index in [4.69, 9.17) is 0 Å². The minimum Gasteiger partial charge on any atom is -0.324 e. The lowest BCUT2D eigenvalue weighted by Crippen LogP contribution is -2.33. The first-order valence-corrected chi connectivity index (χ1v) is 8.15. The highest BCUT2D eigenvalue weighted by Gasteiger charge is 2.28. The third kappa shape index (κ3) is 3.47. The van der Waals surface area contributed by atoms with E-state index in [0.29, 0.717) is 24.3 Å². The highest BCUT2D eigenvalue weighted by Crippen LogP contribution is 2.29. The number of likely N-dealkylation sites (tertiary alicyclic amines) is 1. The number of benzene rings is 1. The number of aryl methyl sites for hydroxylation is 3. The molecule has 3 rings (SSSR count). The lowest BCUT2D eigenvalue weighted by Gasteiger charge is -2.18. The smallest absolute Gasteiger partial charge is 0.321 e. The summed E-state index contributed by atoms with van der Waals surface area (Å²) in [4.78, 5) is 24.9. The van der Waals surface area contributed by atoms with Gasteiger partial charge in [-0.2, -0.15) is 5.10 Å². The summed E-state index contributed by atoms with van der Waals surface area (Å²) in [5.74, 6) is 0.271. The van der Waals surface area contributed by atoms with Crippen LogP contribution in [0.25, 0.3) is 0 Å². The molecule has 1 N–H and O–H groups in total. The number of rotatable bonds is 3. The molecule has 0 bridgehead atoms. The van der Waals surface area contributed by atoms with Crippen molar-refractivity contribution in [1.29, 1.82) is 0 Å². The maximum Gasteiger partial charge on any atom is 0.321 e. The van der Waals surface area contributed by atoms with E-state index < -0.39 is 4.92 Å². The quantitative estimate of drug-likeness (QED) is 0.685. The molecule has 1 aliphatic rings. The Bertz CT molecular complexity index is 830. The number of nitrogens with zero attached hydrogens (tertiary/aromatic N) is 4. The van der Waals surface area contributed by atoms with Crippen LogP contribution in [0.15, 0.2) is 24.5 Å². The van der Waals surface area contributed by atoms with Gasteiger partial charge in [-0.25, -0.2) is 4.79 Å². The number of urea groups is 1. The minimum atomic E-state index is -0.432. The summed E-state index contributed by atoms with van der Waals surface area (Å²) in [6.45, 7) is 4.79. The van der Waals surface area contributed by atoms with E-state index in [1.165, 1.54) is 6.07 Å². The average Bonchev–Trinajstić information content (AvgIpc) is 3.18. The Kier molecular flexibility index (Phi) is 4.43. The molecule has 2 amide bonds. The third-order valence-electron chi connectivity index (χ3n) is 4.65. The molecule has 2 heterocycles. The molecule has 0 saturated carbocycles. The molecule has 0 spiro atoms. The van der Waals surface area contributed by atoms with E-state index in [9.17, 15) is 14.9 Å². The molecule has 0 aliphatic carbocycles. The largest absolute Gasteiger partial charge is 0.324 e. The second kappa shape index (κ2) is 6.54. The fourth-order valence-electron chi connectivity index (χ4n) is 3.23. The van der Waals surface area contributed by atoms with Gasteiger partial charge < -0.3 is 10.2 Å². The molecule has 1 atom stereocenters. The topological polar surface area (TPSA) is 93.3 Å². The van der Waals surface area contributed by atoms with Crippen molar-refractivity contribution in [2.24, 2.45) is 7.05 Å². The van der Waals surface area contributed by atoms with Crippen LogP contribution in [-0.4, -0.2) is 38.7 Å². The van der Waals surface area contributed by atoms with Crippen LogP contribution in [0.2, 0.25) is 0 Å². The Labute approximate surface area is 145 Å². The van der Waals surface area contributed by atoms with Crippen LogP contribution in [0.3, 0.4) is 0 Å². The number of nitro benzene ring substituents is 1. The van der Waals surface area contributed by atoms with Crippen molar-refractivity contribution in [3.63, 3.8) is 0 Å².